The number of nitrogens with zero attached hydrogens (tertiary/aromatic N) is 3. The third-order valence-corrected chi connectivity index (χ3v) is 6.07. The SMILES string of the molecule is CC1CN(CC(=O)N2CCN(Cc3ccsc3)CC2)c2ccccc21. The Morgan fingerprint density at radius 1 is 1.16 bits per heavy atom. The third kappa shape index (κ3) is 3.58. The molecule has 1 fully saturated rings. The second-order valence-corrected chi connectivity index (χ2v) is 7.91. The molecule has 4 nitrogen and oxygen atoms in total. The lowest BCUT2D eigenvalue weighted by Gasteiger charge is -2.35. The molecule has 0 saturated carbocycles. The Balaban J connectivity index is 1.31. The van der Waals surface area contributed by atoms with Gasteiger partial charge in [-0.2, -0.15) is 11.3 Å². The summed E-state index contributed by atoms with van der Waals surface area (Å²) < 4.78 is 0. The lowest BCUT2D eigenvalue weighted by atomic mass is 10.0. The summed E-state index contributed by atoms with van der Waals surface area (Å²) >= 11 is 1.75. The number of thiophene rings is 1. The van der Waals surface area contributed by atoms with E-state index in [1.54, 1.807) is 11.3 Å². The van der Waals surface area contributed by atoms with Crippen molar-refractivity contribution in [3.8, 4) is 0 Å². The van der Waals surface area contributed by atoms with E-state index in [-0.39, 0.29) is 5.91 Å². The topological polar surface area (TPSA) is 26.8 Å². The molecule has 0 radical (unpaired) electrons. The highest BCUT2D eigenvalue weighted by Crippen LogP contribution is 2.35. The molecule has 2 aliphatic rings. The molecule has 0 spiro atoms. The molecule has 0 bridgehead atoms. The van der Waals surface area contributed by atoms with E-state index in [1.165, 1.54) is 16.8 Å². The number of carbonyl (C=O) groups is 1. The standard InChI is InChI=1S/C20H25N3OS/c1-16-12-23(19-5-3-2-4-18(16)19)14-20(24)22-9-7-21(8-10-22)13-17-6-11-25-15-17/h2-6,11,15-16H,7-10,12-14H2,1H3. The van der Waals surface area contributed by atoms with Crippen molar-refractivity contribution < 1.29 is 4.79 Å². The molecule has 132 valence electrons. The lowest BCUT2D eigenvalue weighted by Crippen LogP contribution is -2.50. The quantitative estimate of drug-likeness (QED) is 0.843. The number of hydrogen-bond donors (Lipinski definition) is 0. The van der Waals surface area contributed by atoms with Crippen LogP contribution in [-0.4, -0.2) is 55.0 Å². The van der Waals surface area contributed by atoms with Gasteiger partial charge in [-0.1, -0.05) is 25.1 Å². The van der Waals surface area contributed by atoms with Crippen LogP contribution in [-0.2, 0) is 11.3 Å². The predicted molar refractivity (Wildman–Crippen MR) is 103 cm³/mol. The number of hydrogen-bond acceptors (Lipinski definition) is 4. The first-order valence-corrected chi connectivity index (χ1v) is 10.00. The largest absolute Gasteiger partial charge is 0.361 e. The first kappa shape index (κ1) is 16.6. The number of rotatable bonds is 4. The van der Waals surface area contributed by atoms with Gasteiger partial charge in [-0.15, -0.1) is 0 Å². The van der Waals surface area contributed by atoms with E-state index in [2.05, 4.69) is 57.8 Å². The zero-order valence-electron chi connectivity index (χ0n) is 14.7. The van der Waals surface area contributed by atoms with Gasteiger partial charge in [0.05, 0.1) is 6.54 Å². The Bertz CT molecular complexity index is 722. The highest BCUT2D eigenvalue weighted by atomic mass is 32.1. The average Bonchev–Trinajstić information content (AvgIpc) is 3.25. The fraction of sp³-hybridized carbons (Fsp3) is 0.450. The average molecular weight is 356 g/mol. The van der Waals surface area contributed by atoms with E-state index in [0.29, 0.717) is 12.5 Å². The summed E-state index contributed by atoms with van der Waals surface area (Å²) in [4.78, 5) is 19.5. The maximum atomic E-state index is 12.8. The Morgan fingerprint density at radius 3 is 2.72 bits per heavy atom. The molecule has 2 aromatic rings. The minimum Gasteiger partial charge on any atom is -0.361 e. The first-order valence-electron chi connectivity index (χ1n) is 9.06. The van der Waals surface area contributed by atoms with Crippen LogP contribution in [0.25, 0.3) is 0 Å². The van der Waals surface area contributed by atoms with Gasteiger partial charge in [0.2, 0.25) is 5.91 Å². The molecule has 1 saturated heterocycles. The minimum absolute atomic E-state index is 0.263. The van der Waals surface area contributed by atoms with Crippen LogP contribution in [0, 0.1) is 0 Å². The highest BCUT2D eigenvalue weighted by Gasteiger charge is 2.28. The van der Waals surface area contributed by atoms with Crippen molar-refractivity contribution in [2.75, 3.05) is 44.2 Å². The summed E-state index contributed by atoms with van der Waals surface area (Å²) in [6.45, 7) is 8.31. The summed E-state index contributed by atoms with van der Waals surface area (Å²) in [5, 5.41) is 4.34. The van der Waals surface area contributed by atoms with Crippen LogP contribution in [0.4, 0.5) is 5.69 Å². The Labute approximate surface area is 153 Å². The number of carbonyl (C=O) groups excluding carboxylic acids is 1. The van der Waals surface area contributed by atoms with Crippen LogP contribution in [0.15, 0.2) is 41.1 Å². The summed E-state index contributed by atoms with van der Waals surface area (Å²) in [7, 11) is 0. The summed E-state index contributed by atoms with van der Waals surface area (Å²) in [6, 6.07) is 10.7. The minimum atomic E-state index is 0.263. The number of amides is 1. The maximum Gasteiger partial charge on any atom is 0.242 e. The number of piperazine rings is 1. The molecule has 25 heavy (non-hydrogen) atoms. The van der Waals surface area contributed by atoms with Crippen molar-refractivity contribution in [1.82, 2.24) is 9.80 Å². The zero-order valence-corrected chi connectivity index (χ0v) is 15.5. The number of benzene rings is 1. The summed E-state index contributed by atoms with van der Waals surface area (Å²) in [5.41, 5.74) is 3.99. The van der Waals surface area contributed by atoms with E-state index in [4.69, 9.17) is 0 Å². The smallest absolute Gasteiger partial charge is 0.242 e. The summed E-state index contributed by atoms with van der Waals surface area (Å²) in [5.74, 6) is 0.769. The maximum absolute atomic E-state index is 12.8. The molecule has 1 aromatic heterocycles. The van der Waals surface area contributed by atoms with E-state index in [1.807, 2.05) is 4.90 Å². The van der Waals surface area contributed by atoms with Crippen LogP contribution in [0.1, 0.15) is 24.0 Å². The zero-order chi connectivity index (χ0) is 17.2. The van der Waals surface area contributed by atoms with Crippen molar-refractivity contribution in [3.63, 3.8) is 0 Å². The van der Waals surface area contributed by atoms with E-state index in [9.17, 15) is 4.79 Å². The molecular formula is C20H25N3OS. The van der Waals surface area contributed by atoms with Crippen LogP contribution in [0.5, 0.6) is 0 Å². The van der Waals surface area contributed by atoms with Gasteiger partial charge < -0.3 is 9.80 Å². The molecular weight excluding hydrogens is 330 g/mol. The van der Waals surface area contributed by atoms with Crippen LogP contribution in [0.3, 0.4) is 0 Å². The predicted octanol–water partition coefficient (Wildman–Crippen LogP) is 3.02. The molecule has 4 rings (SSSR count). The normalized spacial score (nSPS) is 20.8. The lowest BCUT2D eigenvalue weighted by molar-refractivity contribution is -0.131. The third-order valence-electron chi connectivity index (χ3n) is 5.34. The molecule has 1 unspecified atom stereocenters. The van der Waals surface area contributed by atoms with Gasteiger partial charge in [0.15, 0.2) is 0 Å². The number of para-hydroxylation sites is 1. The number of fused-ring (bicyclic) bond motifs is 1. The van der Waals surface area contributed by atoms with Gasteiger partial charge in [-0.05, 0) is 34.0 Å². The Kier molecular flexibility index (Phi) is 4.77. The number of anilines is 1. The van der Waals surface area contributed by atoms with Crippen LogP contribution >= 0.6 is 11.3 Å². The summed E-state index contributed by atoms with van der Waals surface area (Å²) in [6.07, 6.45) is 0. The molecule has 0 N–H and O–H groups in total. The molecule has 2 aliphatic heterocycles. The van der Waals surface area contributed by atoms with Crippen molar-refractivity contribution in [2.45, 2.75) is 19.4 Å². The Hall–Kier alpha value is -1.85. The van der Waals surface area contributed by atoms with Gasteiger partial charge in [0.1, 0.15) is 0 Å². The van der Waals surface area contributed by atoms with E-state index < -0.39 is 0 Å². The van der Waals surface area contributed by atoms with Crippen molar-refractivity contribution in [1.29, 1.82) is 0 Å². The highest BCUT2D eigenvalue weighted by molar-refractivity contribution is 7.07. The van der Waals surface area contributed by atoms with Crippen LogP contribution < -0.4 is 4.90 Å². The van der Waals surface area contributed by atoms with Gasteiger partial charge in [-0.3, -0.25) is 9.69 Å². The van der Waals surface area contributed by atoms with Crippen LogP contribution in [0.2, 0.25) is 0 Å². The van der Waals surface area contributed by atoms with Crippen molar-refractivity contribution in [2.24, 2.45) is 0 Å². The fourth-order valence-corrected chi connectivity index (χ4v) is 4.59. The van der Waals surface area contributed by atoms with Gasteiger partial charge in [-0.25, -0.2) is 0 Å². The molecule has 3 heterocycles. The first-order chi connectivity index (χ1) is 12.2. The van der Waals surface area contributed by atoms with Gasteiger partial charge in [0, 0.05) is 50.9 Å². The molecule has 1 amide bonds. The second-order valence-electron chi connectivity index (χ2n) is 7.13. The van der Waals surface area contributed by atoms with E-state index in [0.717, 1.165) is 39.3 Å². The monoisotopic (exact) mass is 355 g/mol. The molecule has 0 aliphatic carbocycles. The molecule has 1 atom stereocenters. The molecule has 1 aromatic carbocycles. The second kappa shape index (κ2) is 7.18. The van der Waals surface area contributed by atoms with Gasteiger partial charge >= 0.3 is 0 Å². The molecule has 5 heteroatoms. The van der Waals surface area contributed by atoms with Crippen molar-refractivity contribution >= 4 is 22.9 Å². The fourth-order valence-electron chi connectivity index (χ4n) is 3.93. The van der Waals surface area contributed by atoms with E-state index >= 15 is 0 Å². The van der Waals surface area contributed by atoms with Gasteiger partial charge in [0.25, 0.3) is 0 Å². The Morgan fingerprint density at radius 2 is 1.96 bits per heavy atom. The van der Waals surface area contributed by atoms with Crippen molar-refractivity contribution in [3.05, 3.63) is 52.2 Å².